The number of carbonyl (C=O) groups excluding carboxylic acids is 1. The minimum atomic E-state index is -0.494. The molecule has 2 fully saturated rings. The van der Waals surface area contributed by atoms with Gasteiger partial charge >= 0.3 is 0 Å². The second-order valence-corrected chi connectivity index (χ2v) is 9.84. The van der Waals surface area contributed by atoms with Crippen LogP contribution in [0.3, 0.4) is 0 Å². The number of piperidine rings is 1. The Hall–Kier alpha value is -3.76. The molecule has 194 valence electrons. The van der Waals surface area contributed by atoms with Gasteiger partial charge < -0.3 is 25.4 Å². The highest BCUT2D eigenvalue weighted by molar-refractivity contribution is 6.08. The summed E-state index contributed by atoms with van der Waals surface area (Å²) < 4.78 is 0. The van der Waals surface area contributed by atoms with Crippen molar-refractivity contribution in [3.05, 3.63) is 70.3 Å². The minimum Gasteiger partial charge on any atom is -0.371 e. The van der Waals surface area contributed by atoms with Gasteiger partial charge in [-0.1, -0.05) is 0 Å². The van der Waals surface area contributed by atoms with Crippen molar-refractivity contribution in [2.45, 2.75) is 25.8 Å². The average molecular weight is 503 g/mol. The van der Waals surface area contributed by atoms with Crippen LogP contribution >= 0.6 is 0 Å². The molecule has 10 nitrogen and oxygen atoms in total. The maximum Gasteiger partial charge on any atom is 0.263 e. The lowest BCUT2D eigenvalue weighted by Gasteiger charge is -2.42. The predicted molar refractivity (Wildman–Crippen MR) is 146 cm³/mol. The first-order valence-corrected chi connectivity index (χ1v) is 12.8. The van der Waals surface area contributed by atoms with Crippen LogP contribution in [0, 0.1) is 6.92 Å². The van der Waals surface area contributed by atoms with E-state index in [1.165, 1.54) is 19.0 Å². The van der Waals surface area contributed by atoms with Crippen LogP contribution < -0.4 is 21.1 Å². The molecule has 0 saturated carbocycles. The number of rotatable bonds is 6. The molecular weight excluding hydrogens is 468 g/mol. The second-order valence-electron chi connectivity index (χ2n) is 9.84. The second kappa shape index (κ2) is 11.1. The van der Waals surface area contributed by atoms with Gasteiger partial charge in [0.2, 0.25) is 0 Å². The van der Waals surface area contributed by atoms with Crippen LogP contribution in [0.25, 0.3) is 0 Å². The topological polar surface area (TPSA) is 109 Å². The standard InChI is InChI=1S/C27H34N8O2/c1-19-7-12-29-32-25(19)31-23-8-11-28-26(36)24(23)27(37)30-20-3-5-21(6-4-20)34-13-9-22(10-14-34)35-17-15-33(2)16-18-35/h3-8,11-12,22H,9-10,13-18H2,1-2H3,(H,30,37)(H2,28,31,32,36). The van der Waals surface area contributed by atoms with Gasteiger partial charge in [-0.15, -0.1) is 5.10 Å². The van der Waals surface area contributed by atoms with Gasteiger partial charge in [0.25, 0.3) is 11.5 Å². The van der Waals surface area contributed by atoms with E-state index >= 15 is 0 Å². The summed E-state index contributed by atoms with van der Waals surface area (Å²) in [5.41, 5.74) is 2.50. The fraction of sp³-hybridized carbons (Fsp3) is 0.407. The summed E-state index contributed by atoms with van der Waals surface area (Å²) in [6, 6.07) is 11.9. The van der Waals surface area contributed by atoms with E-state index in [0.717, 1.165) is 50.5 Å². The number of hydrogen-bond acceptors (Lipinski definition) is 8. The van der Waals surface area contributed by atoms with Crippen molar-refractivity contribution in [3.63, 3.8) is 0 Å². The Balaban J connectivity index is 1.21. The smallest absolute Gasteiger partial charge is 0.263 e. The van der Waals surface area contributed by atoms with Crippen molar-refractivity contribution in [2.24, 2.45) is 0 Å². The number of aromatic nitrogens is 3. The van der Waals surface area contributed by atoms with Crippen molar-refractivity contribution in [2.75, 3.05) is 61.8 Å². The van der Waals surface area contributed by atoms with Gasteiger partial charge in [0.1, 0.15) is 5.56 Å². The Morgan fingerprint density at radius 3 is 2.43 bits per heavy atom. The Labute approximate surface area is 216 Å². The zero-order valence-corrected chi connectivity index (χ0v) is 21.4. The van der Waals surface area contributed by atoms with Crippen molar-refractivity contribution < 1.29 is 4.79 Å². The number of anilines is 4. The SMILES string of the molecule is Cc1ccnnc1Nc1cc[nH]c(=O)c1C(=O)Nc1ccc(N2CCC(N3CCN(C)CC3)CC2)cc1. The third kappa shape index (κ3) is 5.81. The Kier molecular flexibility index (Phi) is 7.47. The fourth-order valence-corrected chi connectivity index (χ4v) is 5.08. The van der Waals surface area contributed by atoms with E-state index in [2.05, 4.69) is 47.6 Å². The zero-order valence-electron chi connectivity index (χ0n) is 21.4. The number of hydrogen-bond donors (Lipinski definition) is 3. The lowest BCUT2D eigenvalue weighted by Crippen LogP contribution is -2.52. The van der Waals surface area contributed by atoms with Gasteiger partial charge in [-0.05, 0) is 68.8 Å². The van der Waals surface area contributed by atoms with Crippen LogP contribution in [0.15, 0.2) is 53.6 Å². The largest absolute Gasteiger partial charge is 0.371 e. The molecule has 37 heavy (non-hydrogen) atoms. The first-order chi connectivity index (χ1) is 18.0. The molecule has 3 N–H and O–H groups in total. The molecule has 0 spiro atoms. The average Bonchev–Trinajstić information content (AvgIpc) is 2.91. The highest BCUT2D eigenvalue weighted by Crippen LogP contribution is 2.25. The molecule has 3 aromatic rings. The number of piperazine rings is 1. The molecule has 1 aromatic carbocycles. The van der Waals surface area contributed by atoms with Gasteiger partial charge in [0, 0.05) is 62.9 Å². The summed E-state index contributed by atoms with van der Waals surface area (Å²) in [4.78, 5) is 35.7. The molecule has 0 unspecified atom stereocenters. The van der Waals surface area contributed by atoms with E-state index in [1.807, 2.05) is 31.2 Å². The normalized spacial score (nSPS) is 17.5. The quantitative estimate of drug-likeness (QED) is 0.472. The van der Waals surface area contributed by atoms with E-state index in [0.29, 0.717) is 23.2 Å². The summed E-state index contributed by atoms with van der Waals surface area (Å²) in [5.74, 6) is -0.00506. The van der Waals surface area contributed by atoms with Crippen LogP contribution in [0.5, 0.6) is 0 Å². The van der Waals surface area contributed by atoms with Crippen LogP contribution in [-0.4, -0.2) is 83.2 Å². The van der Waals surface area contributed by atoms with Gasteiger partial charge in [-0.3, -0.25) is 14.5 Å². The summed E-state index contributed by atoms with van der Waals surface area (Å²) in [5, 5.41) is 13.9. The number of nitrogens with zero attached hydrogens (tertiary/aromatic N) is 5. The first-order valence-electron chi connectivity index (χ1n) is 12.8. The van der Waals surface area contributed by atoms with Gasteiger partial charge in [-0.25, -0.2) is 0 Å². The Morgan fingerprint density at radius 1 is 1.00 bits per heavy atom. The van der Waals surface area contributed by atoms with E-state index in [9.17, 15) is 9.59 Å². The number of aryl methyl sites for hydroxylation is 1. The minimum absolute atomic E-state index is 0.0115. The summed E-state index contributed by atoms with van der Waals surface area (Å²) in [7, 11) is 2.19. The lowest BCUT2D eigenvalue weighted by molar-refractivity contribution is 0.0982. The molecule has 2 saturated heterocycles. The third-order valence-electron chi connectivity index (χ3n) is 7.37. The molecule has 10 heteroatoms. The van der Waals surface area contributed by atoms with Gasteiger partial charge in [-0.2, -0.15) is 5.10 Å². The van der Waals surface area contributed by atoms with E-state index in [-0.39, 0.29) is 5.56 Å². The monoisotopic (exact) mass is 502 g/mol. The van der Waals surface area contributed by atoms with Crippen molar-refractivity contribution in [1.82, 2.24) is 25.0 Å². The molecule has 2 aliphatic heterocycles. The van der Waals surface area contributed by atoms with Crippen LogP contribution in [0.4, 0.5) is 22.9 Å². The maximum absolute atomic E-state index is 13.1. The molecule has 0 aliphatic carbocycles. The fourth-order valence-electron chi connectivity index (χ4n) is 5.08. The number of benzene rings is 1. The molecule has 2 aromatic heterocycles. The number of aromatic amines is 1. The number of amides is 1. The maximum atomic E-state index is 13.1. The molecule has 0 bridgehead atoms. The number of likely N-dealkylation sites (N-methyl/N-ethyl adjacent to an activating group) is 1. The summed E-state index contributed by atoms with van der Waals surface area (Å²) in [6.07, 6.45) is 5.42. The van der Waals surface area contributed by atoms with Crippen molar-refractivity contribution in [1.29, 1.82) is 0 Å². The highest BCUT2D eigenvalue weighted by Gasteiger charge is 2.26. The van der Waals surface area contributed by atoms with E-state index in [1.54, 1.807) is 18.3 Å². The number of H-pyrrole nitrogens is 1. The molecule has 0 radical (unpaired) electrons. The Morgan fingerprint density at radius 2 is 1.73 bits per heavy atom. The van der Waals surface area contributed by atoms with Crippen LogP contribution in [0.2, 0.25) is 0 Å². The number of pyridine rings is 1. The van der Waals surface area contributed by atoms with E-state index in [4.69, 9.17) is 0 Å². The van der Waals surface area contributed by atoms with E-state index < -0.39 is 11.5 Å². The molecule has 5 rings (SSSR count). The molecule has 0 atom stereocenters. The molecule has 1 amide bonds. The third-order valence-corrected chi connectivity index (χ3v) is 7.37. The zero-order chi connectivity index (χ0) is 25.8. The summed E-state index contributed by atoms with van der Waals surface area (Å²) in [6.45, 7) is 8.56. The lowest BCUT2D eigenvalue weighted by atomic mass is 10.0. The Bertz CT molecular complexity index is 1280. The van der Waals surface area contributed by atoms with Gasteiger partial charge in [0.05, 0.1) is 11.9 Å². The molecular formula is C27H34N8O2. The van der Waals surface area contributed by atoms with Crippen LogP contribution in [-0.2, 0) is 0 Å². The predicted octanol–water partition coefficient (Wildman–Crippen LogP) is 2.69. The molecule has 2 aliphatic rings. The van der Waals surface area contributed by atoms with Crippen LogP contribution in [0.1, 0.15) is 28.8 Å². The number of carbonyl (C=O) groups is 1. The highest BCUT2D eigenvalue weighted by atomic mass is 16.2. The number of nitrogens with one attached hydrogen (secondary N) is 3. The first kappa shape index (κ1) is 24.9. The summed E-state index contributed by atoms with van der Waals surface area (Å²) >= 11 is 0. The van der Waals surface area contributed by atoms with Crippen molar-refractivity contribution >= 4 is 28.8 Å². The van der Waals surface area contributed by atoms with Gasteiger partial charge in [0.15, 0.2) is 5.82 Å². The van der Waals surface area contributed by atoms with Crippen molar-refractivity contribution in [3.8, 4) is 0 Å². The molecule has 4 heterocycles.